The number of nitrogen functional groups attached to an aromatic ring is 1. The van der Waals surface area contributed by atoms with Crippen LogP contribution < -0.4 is 16.2 Å². The molecule has 1 aliphatic rings. The number of aliphatic hydroxyl groups is 1. The largest absolute Gasteiger partial charge is 0.390 e. The van der Waals surface area contributed by atoms with Crippen molar-refractivity contribution in [3.8, 4) is 0 Å². The fourth-order valence-corrected chi connectivity index (χ4v) is 4.19. The zero-order chi connectivity index (χ0) is 17.4. The van der Waals surface area contributed by atoms with Crippen molar-refractivity contribution < 1.29 is 9.84 Å². The molecule has 24 heavy (non-hydrogen) atoms. The summed E-state index contributed by atoms with van der Waals surface area (Å²) in [5, 5.41) is 10.1. The number of aliphatic hydroxyl groups excluding tert-OH is 1. The van der Waals surface area contributed by atoms with Crippen molar-refractivity contribution in [3.05, 3.63) is 20.0 Å². The monoisotopic (exact) mass is 354 g/mol. The van der Waals surface area contributed by atoms with Crippen LogP contribution in [0.2, 0.25) is 0 Å². The maximum absolute atomic E-state index is 12.5. The molecule has 1 saturated heterocycles. The molecule has 0 aliphatic carbocycles. The first-order chi connectivity index (χ1) is 11.5. The molecule has 3 heterocycles. The van der Waals surface area contributed by atoms with Gasteiger partial charge in [-0.3, -0.25) is 19.1 Å². The Hall–Kier alpha value is -1.71. The van der Waals surface area contributed by atoms with E-state index in [9.17, 15) is 14.7 Å². The van der Waals surface area contributed by atoms with Crippen molar-refractivity contribution in [3.63, 3.8) is 0 Å². The Bertz CT molecular complexity index is 842. The molecule has 8 nitrogen and oxygen atoms in total. The van der Waals surface area contributed by atoms with Gasteiger partial charge in [0.15, 0.2) is 5.65 Å². The Morgan fingerprint density at radius 3 is 2.92 bits per heavy atom. The number of aromatic amines is 1. The molecule has 132 valence electrons. The minimum atomic E-state index is -0.573. The molecule has 0 radical (unpaired) electrons. The van der Waals surface area contributed by atoms with E-state index in [1.807, 2.05) is 6.92 Å². The molecule has 3 rings (SSSR count). The summed E-state index contributed by atoms with van der Waals surface area (Å²) in [6, 6.07) is 0. The van der Waals surface area contributed by atoms with E-state index in [0.29, 0.717) is 12.8 Å². The van der Waals surface area contributed by atoms with E-state index in [0.717, 1.165) is 24.2 Å². The van der Waals surface area contributed by atoms with Gasteiger partial charge < -0.3 is 15.6 Å². The van der Waals surface area contributed by atoms with Crippen molar-refractivity contribution in [2.24, 2.45) is 5.92 Å². The summed E-state index contributed by atoms with van der Waals surface area (Å²) in [5.41, 5.74) is 5.46. The van der Waals surface area contributed by atoms with Crippen molar-refractivity contribution in [1.29, 1.82) is 0 Å². The number of nitrogens with zero attached hydrogens (tertiary/aromatic N) is 2. The summed E-state index contributed by atoms with van der Waals surface area (Å²) in [6.07, 6.45) is 1.63. The van der Waals surface area contributed by atoms with Gasteiger partial charge >= 0.3 is 4.87 Å². The summed E-state index contributed by atoms with van der Waals surface area (Å²) in [6.45, 7) is 3.96. The number of rotatable bonds is 5. The fourth-order valence-electron chi connectivity index (χ4n) is 3.34. The average Bonchev–Trinajstić information content (AvgIpc) is 3.08. The lowest BCUT2D eigenvalue weighted by atomic mass is 9.95. The molecule has 1 fully saturated rings. The van der Waals surface area contributed by atoms with Gasteiger partial charge in [-0.25, -0.2) is 0 Å². The molecule has 1 aliphatic heterocycles. The molecule has 0 saturated carbocycles. The average molecular weight is 354 g/mol. The van der Waals surface area contributed by atoms with E-state index in [2.05, 4.69) is 16.9 Å². The summed E-state index contributed by atoms with van der Waals surface area (Å²) in [7, 11) is 0. The molecular weight excluding hydrogens is 332 g/mol. The standard InChI is InChI=1S/C15H22N4O4S/c1-3-5-7-6-9(8(20)4-2)23-13(7)19-11-10(24-15(19)22)12(21)18-14(16)17-11/h7-9,13,20H,3-6H2,1-2H3,(H3,16,17,18,21)/t7-,8?,9+,13-/m1/s1. The third-order valence-electron chi connectivity index (χ3n) is 4.51. The molecule has 1 unspecified atom stereocenters. The SMILES string of the molecule is CCC[C@@H]1C[C@@H](C(O)CC)O[C@H]1n1c(=O)sc2c(=O)[nH]c(N)nc21. The van der Waals surface area contributed by atoms with Crippen LogP contribution in [0.3, 0.4) is 0 Å². The van der Waals surface area contributed by atoms with Gasteiger partial charge in [0.25, 0.3) is 5.56 Å². The highest BCUT2D eigenvalue weighted by Gasteiger charge is 2.40. The first-order valence-corrected chi connectivity index (χ1v) is 9.02. The van der Waals surface area contributed by atoms with E-state index in [1.54, 1.807) is 0 Å². The lowest BCUT2D eigenvalue weighted by Crippen LogP contribution is -2.27. The molecule has 0 bridgehead atoms. The number of anilines is 1. The Labute approximate surface area is 142 Å². The second kappa shape index (κ2) is 6.66. The van der Waals surface area contributed by atoms with Crippen molar-refractivity contribution in [2.45, 2.75) is 58.0 Å². The van der Waals surface area contributed by atoms with Crippen LogP contribution in [-0.2, 0) is 4.74 Å². The predicted molar refractivity (Wildman–Crippen MR) is 92.1 cm³/mol. The Balaban J connectivity index is 2.09. The lowest BCUT2D eigenvalue weighted by molar-refractivity contribution is -0.0658. The van der Waals surface area contributed by atoms with Crippen molar-refractivity contribution in [2.75, 3.05) is 5.73 Å². The molecule has 4 N–H and O–H groups in total. The molecule has 2 aromatic heterocycles. The van der Waals surface area contributed by atoms with Gasteiger partial charge in [-0.15, -0.1) is 0 Å². The third-order valence-corrected chi connectivity index (χ3v) is 5.45. The molecule has 0 amide bonds. The number of nitrogens with two attached hydrogens (primary N) is 1. The van der Waals surface area contributed by atoms with Gasteiger partial charge in [0.1, 0.15) is 10.9 Å². The summed E-state index contributed by atoms with van der Waals surface area (Å²) >= 11 is 0.840. The van der Waals surface area contributed by atoms with E-state index >= 15 is 0 Å². The number of fused-ring (bicyclic) bond motifs is 1. The van der Waals surface area contributed by atoms with Gasteiger partial charge in [-0.2, -0.15) is 4.98 Å². The predicted octanol–water partition coefficient (Wildman–Crippen LogP) is 1.20. The zero-order valence-corrected chi connectivity index (χ0v) is 14.5. The van der Waals surface area contributed by atoms with E-state index in [-0.39, 0.29) is 33.2 Å². The lowest BCUT2D eigenvalue weighted by Gasteiger charge is -2.20. The molecule has 0 spiro atoms. The molecule has 4 atom stereocenters. The van der Waals surface area contributed by atoms with Crippen LogP contribution in [-0.4, -0.2) is 31.8 Å². The number of nitrogens with one attached hydrogen (secondary N) is 1. The second-order valence-corrected chi connectivity index (χ2v) is 7.13. The quantitative estimate of drug-likeness (QED) is 0.741. The first kappa shape index (κ1) is 17.1. The van der Waals surface area contributed by atoms with Crippen LogP contribution in [0.25, 0.3) is 10.3 Å². The summed E-state index contributed by atoms with van der Waals surface area (Å²) in [5.74, 6) is 0.0493. The topological polar surface area (TPSA) is 123 Å². The van der Waals surface area contributed by atoms with Crippen LogP contribution in [0.5, 0.6) is 0 Å². The number of H-pyrrole nitrogens is 1. The highest BCUT2D eigenvalue weighted by atomic mass is 32.1. The van der Waals surface area contributed by atoms with E-state index < -0.39 is 17.9 Å². The maximum Gasteiger partial charge on any atom is 0.311 e. The first-order valence-electron chi connectivity index (χ1n) is 8.20. The number of ether oxygens (including phenoxy) is 1. The molecule has 9 heteroatoms. The van der Waals surface area contributed by atoms with Crippen LogP contribution in [0, 0.1) is 5.92 Å². The van der Waals surface area contributed by atoms with Crippen LogP contribution in [0.4, 0.5) is 5.95 Å². The zero-order valence-electron chi connectivity index (χ0n) is 13.7. The van der Waals surface area contributed by atoms with Crippen LogP contribution in [0.1, 0.15) is 45.8 Å². The number of aromatic nitrogens is 3. The van der Waals surface area contributed by atoms with Crippen molar-refractivity contribution in [1.82, 2.24) is 14.5 Å². The smallest absolute Gasteiger partial charge is 0.311 e. The molecule has 0 aromatic carbocycles. The van der Waals surface area contributed by atoms with Gasteiger partial charge in [-0.05, 0) is 19.3 Å². The van der Waals surface area contributed by atoms with Crippen molar-refractivity contribution >= 4 is 27.6 Å². The summed E-state index contributed by atoms with van der Waals surface area (Å²) in [4.78, 5) is 30.7. The second-order valence-electron chi connectivity index (χ2n) is 6.17. The van der Waals surface area contributed by atoms with E-state index in [1.165, 1.54) is 4.57 Å². The minimum absolute atomic E-state index is 0.0331. The van der Waals surface area contributed by atoms with Gasteiger partial charge in [0, 0.05) is 5.92 Å². The normalized spacial score (nSPS) is 25.4. The minimum Gasteiger partial charge on any atom is -0.390 e. The highest BCUT2D eigenvalue weighted by molar-refractivity contribution is 7.16. The maximum atomic E-state index is 12.5. The molecule has 2 aromatic rings. The van der Waals surface area contributed by atoms with Crippen LogP contribution in [0.15, 0.2) is 9.59 Å². The van der Waals surface area contributed by atoms with Gasteiger partial charge in [-0.1, -0.05) is 31.6 Å². The Morgan fingerprint density at radius 1 is 1.50 bits per heavy atom. The number of hydrogen-bond donors (Lipinski definition) is 3. The fraction of sp³-hybridized carbons (Fsp3) is 0.667. The Kier molecular flexibility index (Phi) is 4.75. The van der Waals surface area contributed by atoms with Gasteiger partial charge in [0.05, 0.1) is 12.2 Å². The third kappa shape index (κ3) is 2.87. The molecular formula is C15H22N4O4S. The highest BCUT2D eigenvalue weighted by Crippen LogP contribution is 2.39. The summed E-state index contributed by atoms with van der Waals surface area (Å²) < 4.78 is 7.69. The van der Waals surface area contributed by atoms with E-state index in [4.69, 9.17) is 10.5 Å². The number of thiazole rings is 1. The Morgan fingerprint density at radius 2 is 2.25 bits per heavy atom. The van der Waals surface area contributed by atoms with Gasteiger partial charge in [0.2, 0.25) is 5.95 Å². The van der Waals surface area contributed by atoms with Crippen LogP contribution >= 0.6 is 11.3 Å². The number of hydrogen-bond acceptors (Lipinski definition) is 7.